The van der Waals surface area contributed by atoms with Crippen molar-refractivity contribution in [2.75, 3.05) is 33.8 Å². The molecule has 6 rings (SSSR count). The highest BCUT2D eigenvalue weighted by Crippen LogP contribution is 2.35. The van der Waals surface area contributed by atoms with Gasteiger partial charge < -0.3 is 39.5 Å². The summed E-state index contributed by atoms with van der Waals surface area (Å²) in [4.78, 5) is 72.2. The molecule has 4 amide bonds. The fourth-order valence-electron chi connectivity index (χ4n) is 7.23. The number of methoxy groups -OCH3 is 1. The smallest absolute Gasteiger partial charge is 0.410 e. The Kier molecular flexibility index (Phi) is 11.6. The molecule has 0 unspecified atom stereocenters. The van der Waals surface area contributed by atoms with E-state index in [0.29, 0.717) is 13.1 Å². The van der Waals surface area contributed by atoms with Gasteiger partial charge in [0.05, 0.1) is 43.0 Å². The van der Waals surface area contributed by atoms with Crippen LogP contribution in [0.5, 0.6) is 0 Å². The van der Waals surface area contributed by atoms with Gasteiger partial charge in [0.25, 0.3) is 0 Å². The molecule has 3 atom stereocenters. The maximum absolute atomic E-state index is 13.5. The van der Waals surface area contributed by atoms with E-state index in [-0.39, 0.29) is 36.4 Å². The van der Waals surface area contributed by atoms with Gasteiger partial charge in [-0.3, -0.25) is 9.59 Å². The molecule has 0 aliphatic carbocycles. The standard InChI is InChI=1S/C41H52N8O6/c1-25(2)35(46-39(52)54-7)38(51)49-21-9-11-33(49)37-43-23-31(45-37)29-18-14-27(15-19-29)26-12-16-28(17-13-26)30-22-42-36(44-30)32-10-8-20-48(32)34(50)24-47(6)40(53)55-41(3,4)5/h12-19,22-23,25,32-33,35H,8-11,20-21,24H2,1-7H3,(H,42,44)(H,43,45)(H,46,52)/t32-,33-,35-/m0/s1. The van der Waals surface area contributed by atoms with E-state index in [1.807, 2.05) is 38.1 Å². The molecule has 0 spiro atoms. The summed E-state index contributed by atoms with van der Waals surface area (Å²) >= 11 is 0. The lowest BCUT2D eigenvalue weighted by atomic mass is 10.0. The predicted molar refractivity (Wildman–Crippen MR) is 207 cm³/mol. The number of aromatic nitrogens is 4. The van der Waals surface area contributed by atoms with Crippen LogP contribution in [0.15, 0.2) is 60.9 Å². The Morgan fingerprint density at radius 2 is 1.29 bits per heavy atom. The van der Waals surface area contributed by atoms with E-state index in [1.54, 1.807) is 50.0 Å². The number of amides is 4. The van der Waals surface area contributed by atoms with Gasteiger partial charge in [0, 0.05) is 20.1 Å². The number of benzene rings is 2. The van der Waals surface area contributed by atoms with Crippen molar-refractivity contribution in [3.8, 4) is 33.6 Å². The monoisotopic (exact) mass is 752 g/mol. The highest BCUT2D eigenvalue weighted by molar-refractivity contribution is 5.86. The number of carbonyl (C=O) groups is 4. The molecule has 2 aromatic carbocycles. The molecular formula is C41H52N8O6. The summed E-state index contributed by atoms with van der Waals surface area (Å²) in [6.07, 6.45) is 5.72. The van der Waals surface area contributed by atoms with Crippen molar-refractivity contribution in [3.63, 3.8) is 0 Å². The Hall–Kier alpha value is -5.66. The second-order valence-electron chi connectivity index (χ2n) is 15.6. The summed E-state index contributed by atoms with van der Waals surface area (Å²) in [5.41, 5.74) is 5.15. The molecule has 2 aliphatic rings. The molecule has 0 saturated carbocycles. The van der Waals surface area contributed by atoms with Crippen LogP contribution in [0.25, 0.3) is 33.6 Å². The van der Waals surface area contributed by atoms with Crippen molar-refractivity contribution in [1.29, 1.82) is 0 Å². The van der Waals surface area contributed by atoms with Gasteiger partial charge in [-0.1, -0.05) is 62.4 Å². The summed E-state index contributed by atoms with van der Waals surface area (Å²) in [6, 6.07) is 15.4. The minimum absolute atomic E-state index is 0.0659. The van der Waals surface area contributed by atoms with Gasteiger partial charge in [0.15, 0.2) is 0 Å². The summed E-state index contributed by atoms with van der Waals surface area (Å²) in [5, 5.41) is 2.69. The van der Waals surface area contributed by atoms with Gasteiger partial charge in [-0.2, -0.15) is 0 Å². The van der Waals surface area contributed by atoms with E-state index >= 15 is 0 Å². The fraction of sp³-hybridized carbons (Fsp3) is 0.463. The molecule has 3 N–H and O–H groups in total. The lowest BCUT2D eigenvalue weighted by molar-refractivity contribution is -0.135. The van der Waals surface area contributed by atoms with E-state index in [9.17, 15) is 19.2 Å². The molecule has 0 bridgehead atoms. The van der Waals surface area contributed by atoms with Gasteiger partial charge in [-0.15, -0.1) is 0 Å². The van der Waals surface area contributed by atoms with Crippen molar-refractivity contribution >= 4 is 24.0 Å². The molecule has 2 saturated heterocycles. The minimum atomic E-state index is -0.687. The quantitative estimate of drug-likeness (QED) is 0.161. The van der Waals surface area contributed by atoms with E-state index in [2.05, 4.69) is 49.5 Å². The Bertz CT molecular complexity index is 1980. The molecule has 2 fully saturated rings. The van der Waals surface area contributed by atoms with E-state index < -0.39 is 23.8 Å². The van der Waals surface area contributed by atoms with Gasteiger partial charge in [-0.05, 0) is 74.6 Å². The van der Waals surface area contributed by atoms with Gasteiger partial charge in [0.2, 0.25) is 11.8 Å². The highest BCUT2D eigenvalue weighted by Gasteiger charge is 2.38. The van der Waals surface area contributed by atoms with Crippen LogP contribution in [0.4, 0.5) is 9.59 Å². The zero-order valence-electron chi connectivity index (χ0n) is 32.7. The number of carbonyl (C=O) groups excluding carboxylic acids is 4. The number of alkyl carbamates (subject to hydrolysis) is 1. The van der Waals surface area contributed by atoms with Crippen LogP contribution in [0.2, 0.25) is 0 Å². The molecule has 0 radical (unpaired) electrons. The first-order chi connectivity index (χ1) is 26.2. The molecule has 4 heterocycles. The summed E-state index contributed by atoms with van der Waals surface area (Å²) in [6.45, 7) is 10.3. The van der Waals surface area contributed by atoms with Crippen molar-refractivity contribution < 1.29 is 28.7 Å². The Balaban J connectivity index is 1.08. The Morgan fingerprint density at radius 1 is 0.818 bits per heavy atom. The number of nitrogens with one attached hydrogen (secondary N) is 3. The largest absolute Gasteiger partial charge is 0.453 e. The lowest BCUT2D eigenvalue weighted by Gasteiger charge is -2.30. The van der Waals surface area contributed by atoms with Gasteiger partial charge in [0.1, 0.15) is 29.8 Å². The van der Waals surface area contributed by atoms with Gasteiger partial charge >= 0.3 is 12.2 Å². The van der Waals surface area contributed by atoms with Crippen molar-refractivity contribution in [2.24, 2.45) is 5.92 Å². The number of hydrogen-bond donors (Lipinski definition) is 3. The summed E-state index contributed by atoms with van der Waals surface area (Å²) < 4.78 is 10.2. The first-order valence-corrected chi connectivity index (χ1v) is 18.9. The molecule has 14 heteroatoms. The van der Waals surface area contributed by atoms with Crippen LogP contribution < -0.4 is 5.32 Å². The molecule has 14 nitrogen and oxygen atoms in total. The van der Waals surface area contributed by atoms with Crippen LogP contribution in [-0.4, -0.2) is 104 Å². The molecular weight excluding hydrogens is 701 g/mol. The third-order valence-corrected chi connectivity index (χ3v) is 10.1. The Labute approximate surface area is 322 Å². The highest BCUT2D eigenvalue weighted by atomic mass is 16.6. The molecule has 4 aromatic rings. The topological polar surface area (TPSA) is 166 Å². The number of aromatic amines is 2. The van der Waals surface area contributed by atoms with E-state index in [0.717, 1.165) is 71.0 Å². The number of imidazole rings is 2. The summed E-state index contributed by atoms with van der Waals surface area (Å²) in [5.74, 6) is 1.06. The minimum Gasteiger partial charge on any atom is -0.453 e. The van der Waals surface area contributed by atoms with E-state index in [1.165, 1.54) is 12.0 Å². The average molecular weight is 753 g/mol. The lowest BCUT2D eigenvalue weighted by Crippen LogP contribution is -2.51. The van der Waals surface area contributed by atoms with Crippen LogP contribution in [0, 0.1) is 5.92 Å². The maximum atomic E-state index is 13.5. The molecule has 292 valence electrons. The SMILES string of the molecule is COC(=O)N[C@H](C(=O)N1CCC[C@H]1c1ncc(-c2ccc(-c3ccc(-c4cnc([C@@H]5CCCN5C(=O)CN(C)C(=O)OC(C)(C)C)[nH]4)cc3)cc2)[nH]1)C(C)C. The predicted octanol–water partition coefficient (Wildman–Crippen LogP) is 6.71. The third-order valence-electron chi connectivity index (χ3n) is 10.1. The zero-order chi connectivity index (χ0) is 39.4. The number of H-pyrrole nitrogens is 2. The Morgan fingerprint density at radius 3 is 1.76 bits per heavy atom. The molecule has 2 aliphatic heterocycles. The second-order valence-corrected chi connectivity index (χ2v) is 15.6. The van der Waals surface area contributed by atoms with Crippen molar-refractivity contribution in [3.05, 3.63) is 72.6 Å². The number of ether oxygens (including phenoxy) is 2. The third kappa shape index (κ3) is 9.01. The van der Waals surface area contributed by atoms with Crippen LogP contribution in [0.1, 0.15) is 84.0 Å². The first kappa shape index (κ1) is 39.0. The van der Waals surface area contributed by atoms with Crippen LogP contribution in [0.3, 0.4) is 0 Å². The number of rotatable bonds is 10. The summed E-state index contributed by atoms with van der Waals surface area (Å²) in [7, 11) is 2.86. The molecule has 55 heavy (non-hydrogen) atoms. The second kappa shape index (κ2) is 16.4. The fourth-order valence-corrected chi connectivity index (χ4v) is 7.23. The number of hydrogen-bond acceptors (Lipinski definition) is 8. The van der Waals surface area contributed by atoms with Crippen LogP contribution in [-0.2, 0) is 19.1 Å². The van der Waals surface area contributed by atoms with Crippen molar-refractivity contribution in [1.82, 2.24) is 40.0 Å². The normalized spacial score (nSPS) is 17.7. The molecule has 2 aromatic heterocycles. The number of likely N-dealkylation sites (N-methyl/N-ethyl adjacent to an activating group) is 1. The number of likely N-dealkylation sites (tertiary alicyclic amines) is 2. The van der Waals surface area contributed by atoms with Crippen LogP contribution >= 0.6 is 0 Å². The average Bonchev–Trinajstić information content (AvgIpc) is 3.99. The van der Waals surface area contributed by atoms with Gasteiger partial charge in [-0.25, -0.2) is 19.6 Å². The first-order valence-electron chi connectivity index (χ1n) is 18.9. The number of nitrogens with zero attached hydrogens (tertiary/aromatic N) is 5. The zero-order valence-corrected chi connectivity index (χ0v) is 32.7. The maximum Gasteiger partial charge on any atom is 0.410 e. The van der Waals surface area contributed by atoms with Crippen molar-refractivity contribution in [2.45, 2.75) is 84.0 Å². The van der Waals surface area contributed by atoms with E-state index in [4.69, 9.17) is 9.47 Å².